The molecular formula is C19H18ClFN2OS. The minimum atomic E-state index is -0.329. The van der Waals surface area contributed by atoms with Gasteiger partial charge in [-0.05, 0) is 73.6 Å². The van der Waals surface area contributed by atoms with Gasteiger partial charge in [0.2, 0.25) is 0 Å². The Morgan fingerprint density at radius 3 is 2.28 bits per heavy atom. The second-order valence-electron chi connectivity index (χ2n) is 6.07. The highest BCUT2D eigenvalue weighted by molar-refractivity contribution is 7.80. The van der Waals surface area contributed by atoms with Crippen molar-refractivity contribution in [3.63, 3.8) is 0 Å². The Bertz CT molecular complexity index is 756. The van der Waals surface area contributed by atoms with Crippen molar-refractivity contribution in [1.29, 1.82) is 0 Å². The standard InChI is InChI=1S/C19H18ClFN2OS/c20-15-3-7-17(8-4-15)22-19(25)23-11-9-14(10-12-23)18(24)13-1-5-16(21)6-2-13/h1-8,14H,9-12H2,(H,22,25). The lowest BCUT2D eigenvalue weighted by Crippen LogP contribution is -2.42. The average Bonchev–Trinajstić information content (AvgIpc) is 2.64. The van der Waals surface area contributed by atoms with E-state index in [9.17, 15) is 9.18 Å². The van der Waals surface area contributed by atoms with Crippen molar-refractivity contribution in [2.24, 2.45) is 5.92 Å². The Labute approximate surface area is 156 Å². The van der Waals surface area contributed by atoms with Gasteiger partial charge in [0.25, 0.3) is 0 Å². The summed E-state index contributed by atoms with van der Waals surface area (Å²) in [6.45, 7) is 1.44. The minimum absolute atomic E-state index is 0.0416. The number of hydrogen-bond acceptors (Lipinski definition) is 2. The summed E-state index contributed by atoms with van der Waals surface area (Å²) in [6.07, 6.45) is 1.47. The van der Waals surface area contributed by atoms with Gasteiger partial charge in [0, 0.05) is 35.3 Å². The van der Waals surface area contributed by atoms with Crippen molar-refractivity contribution in [2.75, 3.05) is 18.4 Å². The maximum Gasteiger partial charge on any atom is 0.173 e. The van der Waals surface area contributed by atoms with Gasteiger partial charge in [-0.2, -0.15) is 0 Å². The largest absolute Gasteiger partial charge is 0.349 e. The maximum atomic E-state index is 13.0. The van der Waals surface area contributed by atoms with Crippen molar-refractivity contribution < 1.29 is 9.18 Å². The van der Waals surface area contributed by atoms with Gasteiger partial charge in [0.05, 0.1) is 0 Å². The average molecular weight is 377 g/mol. The molecule has 1 aliphatic rings. The van der Waals surface area contributed by atoms with Crippen LogP contribution in [0.25, 0.3) is 0 Å². The van der Waals surface area contributed by atoms with Crippen molar-refractivity contribution in [2.45, 2.75) is 12.8 Å². The highest BCUT2D eigenvalue weighted by atomic mass is 35.5. The van der Waals surface area contributed by atoms with Crippen LogP contribution >= 0.6 is 23.8 Å². The van der Waals surface area contributed by atoms with Gasteiger partial charge in [-0.25, -0.2) is 4.39 Å². The van der Waals surface area contributed by atoms with Gasteiger partial charge in [-0.15, -0.1) is 0 Å². The highest BCUT2D eigenvalue weighted by Gasteiger charge is 2.26. The van der Waals surface area contributed by atoms with Gasteiger partial charge in [-0.1, -0.05) is 11.6 Å². The topological polar surface area (TPSA) is 32.3 Å². The number of rotatable bonds is 3. The summed E-state index contributed by atoms with van der Waals surface area (Å²) in [5, 5.41) is 4.52. The molecule has 6 heteroatoms. The monoisotopic (exact) mass is 376 g/mol. The van der Waals surface area contributed by atoms with E-state index in [1.807, 2.05) is 12.1 Å². The first-order chi connectivity index (χ1) is 12.0. The summed E-state index contributed by atoms with van der Waals surface area (Å²) >= 11 is 11.3. The Morgan fingerprint density at radius 2 is 1.68 bits per heavy atom. The van der Waals surface area contributed by atoms with E-state index >= 15 is 0 Å². The van der Waals surface area contributed by atoms with Crippen molar-refractivity contribution >= 4 is 40.4 Å². The summed E-state index contributed by atoms with van der Waals surface area (Å²) in [6, 6.07) is 13.1. The number of ketones is 1. The fourth-order valence-electron chi connectivity index (χ4n) is 2.93. The van der Waals surface area contributed by atoms with Crippen LogP contribution in [0.3, 0.4) is 0 Å². The Kier molecular flexibility index (Phi) is 5.66. The molecule has 0 unspecified atom stereocenters. The molecule has 1 heterocycles. The summed E-state index contributed by atoms with van der Waals surface area (Å²) in [5.41, 5.74) is 1.46. The van der Waals surface area contributed by atoms with E-state index in [1.54, 1.807) is 24.3 Å². The van der Waals surface area contributed by atoms with Crippen LogP contribution in [-0.4, -0.2) is 28.9 Å². The third-order valence-electron chi connectivity index (χ3n) is 4.38. The van der Waals surface area contributed by atoms with Gasteiger partial charge in [0.1, 0.15) is 5.82 Å². The lowest BCUT2D eigenvalue weighted by Gasteiger charge is -2.33. The summed E-state index contributed by atoms with van der Waals surface area (Å²) in [4.78, 5) is 14.6. The molecule has 0 aromatic heterocycles. The van der Waals surface area contributed by atoms with E-state index in [0.717, 1.165) is 31.6 Å². The van der Waals surface area contributed by atoms with Crippen molar-refractivity contribution in [1.82, 2.24) is 4.90 Å². The maximum absolute atomic E-state index is 13.0. The molecule has 0 radical (unpaired) electrons. The van der Waals surface area contributed by atoms with Crippen LogP contribution in [0.4, 0.5) is 10.1 Å². The molecule has 1 saturated heterocycles. The molecule has 0 spiro atoms. The second kappa shape index (κ2) is 7.93. The van der Waals surface area contributed by atoms with E-state index in [0.29, 0.717) is 15.7 Å². The molecule has 0 bridgehead atoms. The normalized spacial score (nSPS) is 15.0. The highest BCUT2D eigenvalue weighted by Crippen LogP contribution is 2.23. The van der Waals surface area contributed by atoms with E-state index in [-0.39, 0.29) is 17.5 Å². The molecule has 0 aliphatic carbocycles. The second-order valence-corrected chi connectivity index (χ2v) is 6.89. The van der Waals surface area contributed by atoms with Crippen LogP contribution in [0.1, 0.15) is 23.2 Å². The lowest BCUT2D eigenvalue weighted by atomic mass is 9.89. The summed E-state index contributed by atoms with van der Waals surface area (Å²) in [7, 11) is 0. The van der Waals surface area contributed by atoms with Gasteiger partial charge in [0.15, 0.2) is 10.9 Å². The number of nitrogens with zero attached hydrogens (tertiary/aromatic N) is 1. The Morgan fingerprint density at radius 1 is 1.08 bits per heavy atom. The van der Waals surface area contributed by atoms with Crippen molar-refractivity contribution in [3.05, 3.63) is 64.9 Å². The first kappa shape index (κ1) is 17.8. The molecule has 2 aromatic carbocycles. The SMILES string of the molecule is O=C(c1ccc(F)cc1)C1CCN(C(=S)Nc2ccc(Cl)cc2)CC1. The van der Waals surface area contributed by atoms with Gasteiger partial charge < -0.3 is 10.2 Å². The van der Waals surface area contributed by atoms with Crippen LogP contribution in [-0.2, 0) is 0 Å². The number of carbonyl (C=O) groups is 1. The molecule has 130 valence electrons. The fourth-order valence-corrected chi connectivity index (χ4v) is 3.36. The zero-order chi connectivity index (χ0) is 17.8. The molecule has 0 saturated carbocycles. The number of thiocarbonyl (C=S) groups is 1. The number of hydrogen-bond donors (Lipinski definition) is 1. The van der Waals surface area contributed by atoms with E-state index in [2.05, 4.69) is 10.2 Å². The lowest BCUT2D eigenvalue weighted by molar-refractivity contribution is 0.0873. The number of benzene rings is 2. The third-order valence-corrected chi connectivity index (χ3v) is 4.99. The zero-order valence-corrected chi connectivity index (χ0v) is 15.1. The number of nitrogens with one attached hydrogen (secondary N) is 1. The first-order valence-corrected chi connectivity index (χ1v) is 8.93. The molecule has 0 amide bonds. The quantitative estimate of drug-likeness (QED) is 0.617. The van der Waals surface area contributed by atoms with Crippen LogP contribution in [0.15, 0.2) is 48.5 Å². The van der Waals surface area contributed by atoms with Gasteiger partial charge >= 0.3 is 0 Å². The van der Waals surface area contributed by atoms with Crippen LogP contribution in [0.5, 0.6) is 0 Å². The number of anilines is 1. The van der Waals surface area contributed by atoms with Crippen molar-refractivity contribution in [3.8, 4) is 0 Å². The molecule has 0 atom stereocenters. The summed E-state index contributed by atoms with van der Waals surface area (Å²) < 4.78 is 13.0. The number of Topliss-reactive ketones (excluding diaryl/α,β-unsaturated/α-hetero) is 1. The predicted octanol–water partition coefficient (Wildman–Crippen LogP) is 4.77. The third kappa shape index (κ3) is 4.55. The molecule has 2 aromatic rings. The number of likely N-dealkylation sites (tertiary alicyclic amines) is 1. The number of halogens is 2. The molecular weight excluding hydrogens is 359 g/mol. The molecule has 3 nitrogen and oxygen atoms in total. The predicted molar refractivity (Wildman–Crippen MR) is 103 cm³/mol. The van der Waals surface area contributed by atoms with E-state index < -0.39 is 0 Å². The van der Waals surface area contributed by atoms with Gasteiger partial charge in [-0.3, -0.25) is 4.79 Å². The fraction of sp³-hybridized carbons (Fsp3) is 0.263. The molecule has 1 N–H and O–H groups in total. The van der Waals surface area contributed by atoms with E-state index in [1.165, 1.54) is 12.1 Å². The van der Waals surface area contributed by atoms with Crippen LogP contribution in [0.2, 0.25) is 5.02 Å². The molecule has 25 heavy (non-hydrogen) atoms. The smallest absolute Gasteiger partial charge is 0.173 e. The Hall–Kier alpha value is -1.98. The number of carbonyl (C=O) groups excluding carboxylic acids is 1. The first-order valence-electron chi connectivity index (χ1n) is 8.14. The number of piperidine rings is 1. The molecule has 1 aliphatic heterocycles. The van der Waals surface area contributed by atoms with E-state index in [4.69, 9.17) is 23.8 Å². The zero-order valence-electron chi connectivity index (χ0n) is 13.5. The summed E-state index contributed by atoms with van der Waals surface area (Å²) in [5.74, 6) is -0.290. The molecule has 1 fully saturated rings. The Balaban J connectivity index is 1.54. The molecule has 3 rings (SSSR count). The van der Waals surface area contributed by atoms with Crippen LogP contribution < -0.4 is 5.32 Å². The van der Waals surface area contributed by atoms with Crippen LogP contribution in [0, 0.1) is 11.7 Å². The minimum Gasteiger partial charge on any atom is -0.349 e.